The molecule has 0 bridgehead atoms. The molecule has 0 amide bonds. The zero-order valence-electron chi connectivity index (χ0n) is 22.4. The van der Waals surface area contributed by atoms with E-state index in [0.717, 1.165) is 37.5 Å². The Morgan fingerprint density at radius 2 is 1.49 bits per heavy atom. The van der Waals surface area contributed by atoms with Crippen LogP contribution in [0.15, 0.2) is 18.2 Å². The standard InChI is InChI=1S/C32H41F3O2/c1-3-5-20-7-9-21(10-8-20)11-14-26-15-12-24(19-36-26)27-16-13-23-18-25-17-22(6-4-2)28(33)30(35)32(25)37-31(23)29(27)34/h13,16-17,20-21,24,26H,3-12,14-15,18-19H2,1-2H3. The number of halogens is 3. The number of benzene rings is 2. The lowest BCUT2D eigenvalue weighted by molar-refractivity contribution is -0.00591. The lowest BCUT2D eigenvalue weighted by Crippen LogP contribution is -2.26. The molecule has 2 unspecified atom stereocenters. The Balaban J connectivity index is 1.19. The van der Waals surface area contributed by atoms with Crippen LogP contribution >= 0.6 is 0 Å². The first-order chi connectivity index (χ1) is 18.0. The van der Waals surface area contributed by atoms with Gasteiger partial charge in [-0.05, 0) is 61.1 Å². The highest BCUT2D eigenvalue weighted by molar-refractivity contribution is 5.54. The van der Waals surface area contributed by atoms with E-state index in [-0.39, 0.29) is 23.5 Å². The number of hydrogen-bond donors (Lipinski definition) is 0. The van der Waals surface area contributed by atoms with Gasteiger partial charge in [-0.3, -0.25) is 0 Å². The van der Waals surface area contributed by atoms with Crippen LogP contribution in [0.1, 0.15) is 113 Å². The van der Waals surface area contributed by atoms with Gasteiger partial charge in [0.25, 0.3) is 0 Å². The van der Waals surface area contributed by atoms with Crippen LogP contribution in [0.4, 0.5) is 13.2 Å². The van der Waals surface area contributed by atoms with Crippen LogP contribution in [0.3, 0.4) is 0 Å². The van der Waals surface area contributed by atoms with E-state index in [9.17, 15) is 8.78 Å². The fourth-order valence-corrected chi connectivity index (χ4v) is 6.81. The van der Waals surface area contributed by atoms with Crippen molar-refractivity contribution in [2.75, 3.05) is 6.61 Å². The predicted molar refractivity (Wildman–Crippen MR) is 141 cm³/mol. The van der Waals surface area contributed by atoms with Crippen molar-refractivity contribution in [1.82, 2.24) is 0 Å². The molecule has 2 aromatic carbocycles. The molecule has 2 fully saturated rings. The van der Waals surface area contributed by atoms with Gasteiger partial charge in [0.2, 0.25) is 5.82 Å². The van der Waals surface area contributed by atoms with Gasteiger partial charge in [0.1, 0.15) is 0 Å². The van der Waals surface area contributed by atoms with E-state index >= 15 is 4.39 Å². The molecule has 1 aliphatic carbocycles. The second kappa shape index (κ2) is 11.8. The number of rotatable bonds is 8. The van der Waals surface area contributed by atoms with E-state index in [1.807, 2.05) is 19.1 Å². The van der Waals surface area contributed by atoms with Crippen LogP contribution in [0.25, 0.3) is 0 Å². The van der Waals surface area contributed by atoms with Gasteiger partial charge in [-0.1, -0.05) is 70.9 Å². The fourth-order valence-electron chi connectivity index (χ4n) is 6.81. The largest absolute Gasteiger partial charge is 0.450 e. The Hall–Kier alpha value is -2.01. The fraction of sp³-hybridized carbons (Fsp3) is 0.625. The van der Waals surface area contributed by atoms with E-state index in [1.165, 1.54) is 44.9 Å². The minimum absolute atomic E-state index is 0.0346. The third kappa shape index (κ3) is 5.72. The zero-order valence-corrected chi connectivity index (χ0v) is 22.4. The molecule has 202 valence electrons. The summed E-state index contributed by atoms with van der Waals surface area (Å²) in [6.45, 7) is 4.70. The first-order valence-electron chi connectivity index (χ1n) is 14.6. The number of aryl methyl sites for hydroxylation is 1. The maximum Gasteiger partial charge on any atom is 0.201 e. The van der Waals surface area contributed by atoms with Crippen molar-refractivity contribution in [3.05, 3.63) is 57.9 Å². The van der Waals surface area contributed by atoms with Crippen molar-refractivity contribution < 1.29 is 22.6 Å². The number of ether oxygens (including phenoxy) is 2. The molecule has 0 N–H and O–H groups in total. The van der Waals surface area contributed by atoms with E-state index in [1.54, 1.807) is 6.07 Å². The van der Waals surface area contributed by atoms with E-state index in [2.05, 4.69) is 6.92 Å². The average molecular weight is 515 g/mol. The van der Waals surface area contributed by atoms with Crippen LogP contribution in [0.5, 0.6) is 11.5 Å². The average Bonchev–Trinajstić information content (AvgIpc) is 2.91. The van der Waals surface area contributed by atoms with E-state index in [4.69, 9.17) is 9.47 Å². The normalized spacial score (nSPS) is 25.3. The summed E-state index contributed by atoms with van der Waals surface area (Å²) in [5, 5.41) is 0. The highest BCUT2D eigenvalue weighted by Gasteiger charge is 2.32. The van der Waals surface area contributed by atoms with Crippen molar-refractivity contribution in [3.8, 4) is 11.5 Å². The predicted octanol–water partition coefficient (Wildman–Crippen LogP) is 9.40. The van der Waals surface area contributed by atoms with Gasteiger partial charge < -0.3 is 9.47 Å². The molecule has 2 aromatic rings. The number of hydrogen-bond acceptors (Lipinski definition) is 2. The van der Waals surface area contributed by atoms with Crippen molar-refractivity contribution in [1.29, 1.82) is 0 Å². The lowest BCUT2D eigenvalue weighted by Gasteiger charge is -2.33. The second-order valence-corrected chi connectivity index (χ2v) is 11.6. The molecular weight excluding hydrogens is 473 g/mol. The molecule has 1 saturated carbocycles. The minimum Gasteiger partial charge on any atom is -0.450 e. The highest BCUT2D eigenvalue weighted by atomic mass is 19.2. The van der Waals surface area contributed by atoms with Crippen LogP contribution in [0.2, 0.25) is 0 Å². The quantitative estimate of drug-likeness (QED) is 0.298. The van der Waals surface area contributed by atoms with Gasteiger partial charge in [-0.25, -0.2) is 8.78 Å². The van der Waals surface area contributed by atoms with Crippen molar-refractivity contribution in [2.45, 2.75) is 109 Å². The monoisotopic (exact) mass is 514 g/mol. The Morgan fingerprint density at radius 1 is 0.757 bits per heavy atom. The first-order valence-corrected chi connectivity index (χ1v) is 14.6. The minimum atomic E-state index is -1.01. The molecule has 5 rings (SSSR count). The second-order valence-electron chi connectivity index (χ2n) is 11.6. The van der Waals surface area contributed by atoms with Gasteiger partial charge in [0, 0.05) is 23.5 Å². The molecule has 1 saturated heterocycles. The summed E-state index contributed by atoms with van der Waals surface area (Å²) >= 11 is 0. The molecule has 37 heavy (non-hydrogen) atoms. The zero-order chi connectivity index (χ0) is 25.9. The van der Waals surface area contributed by atoms with Gasteiger partial charge in [-0.15, -0.1) is 0 Å². The summed E-state index contributed by atoms with van der Waals surface area (Å²) in [5.41, 5.74) is 2.15. The highest BCUT2D eigenvalue weighted by Crippen LogP contribution is 2.44. The molecule has 2 nitrogen and oxygen atoms in total. The van der Waals surface area contributed by atoms with Crippen LogP contribution in [-0.4, -0.2) is 12.7 Å². The van der Waals surface area contributed by atoms with Crippen LogP contribution in [0, 0.1) is 29.3 Å². The van der Waals surface area contributed by atoms with E-state index < -0.39 is 17.5 Å². The van der Waals surface area contributed by atoms with Crippen molar-refractivity contribution >= 4 is 0 Å². The van der Waals surface area contributed by atoms with E-state index in [0.29, 0.717) is 41.7 Å². The lowest BCUT2D eigenvalue weighted by atomic mass is 9.78. The van der Waals surface area contributed by atoms with Gasteiger partial charge in [0.05, 0.1) is 12.7 Å². The Morgan fingerprint density at radius 3 is 2.16 bits per heavy atom. The Kier molecular flexibility index (Phi) is 8.48. The van der Waals surface area contributed by atoms with Crippen molar-refractivity contribution in [3.63, 3.8) is 0 Å². The topological polar surface area (TPSA) is 18.5 Å². The Labute approximate surface area is 219 Å². The third-order valence-electron chi connectivity index (χ3n) is 9.00. The summed E-state index contributed by atoms with van der Waals surface area (Å²) in [7, 11) is 0. The molecule has 2 heterocycles. The number of fused-ring (bicyclic) bond motifs is 2. The Bertz CT molecular complexity index is 1080. The van der Waals surface area contributed by atoms with Crippen molar-refractivity contribution in [2.24, 2.45) is 11.8 Å². The first kappa shape index (κ1) is 26.6. The molecule has 2 atom stereocenters. The van der Waals surface area contributed by atoms with Gasteiger partial charge in [-0.2, -0.15) is 4.39 Å². The molecule has 2 aliphatic heterocycles. The molecule has 0 aromatic heterocycles. The molecule has 3 aliphatic rings. The van der Waals surface area contributed by atoms with Gasteiger partial charge >= 0.3 is 0 Å². The third-order valence-corrected chi connectivity index (χ3v) is 9.00. The molecular formula is C32H41F3O2. The smallest absolute Gasteiger partial charge is 0.201 e. The summed E-state index contributed by atoms with van der Waals surface area (Å²) < 4.78 is 56.9. The summed E-state index contributed by atoms with van der Waals surface area (Å²) in [5.74, 6) is -0.792. The maximum atomic E-state index is 15.6. The van der Waals surface area contributed by atoms with Crippen LogP contribution < -0.4 is 4.74 Å². The molecule has 0 spiro atoms. The molecule has 0 radical (unpaired) electrons. The van der Waals surface area contributed by atoms with Gasteiger partial charge in [0.15, 0.2) is 23.1 Å². The summed E-state index contributed by atoms with van der Waals surface area (Å²) in [6.07, 6.45) is 14.0. The molecule has 5 heteroatoms. The SMILES string of the molecule is CCCc1cc2c(c(F)c1F)Oc1c(ccc(C3CCC(CCC4CCC(CCC)CC4)OC3)c1F)C2. The van der Waals surface area contributed by atoms with Crippen LogP contribution in [-0.2, 0) is 17.6 Å². The summed E-state index contributed by atoms with van der Waals surface area (Å²) in [4.78, 5) is 0. The maximum absolute atomic E-state index is 15.6. The summed E-state index contributed by atoms with van der Waals surface area (Å²) in [6, 6.07) is 5.37.